The molecule has 0 bridgehead atoms. The first-order chi connectivity index (χ1) is 14.6. The zero-order chi connectivity index (χ0) is 22.3. The minimum atomic E-state index is -3.14. The molecule has 7 heteroatoms. The van der Waals surface area contributed by atoms with E-state index in [-0.39, 0.29) is 29.2 Å². The Balaban J connectivity index is 1.70. The summed E-state index contributed by atoms with van der Waals surface area (Å²) < 4.78 is 30.3. The molecule has 4 rings (SSSR count). The number of nitrogens with zero attached hydrogens (tertiary/aromatic N) is 2. The van der Waals surface area contributed by atoms with Gasteiger partial charge in [-0.2, -0.15) is 0 Å². The average molecular weight is 441 g/mol. The van der Waals surface area contributed by atoms with Crippen molar-refractivity contribution >= 4 is 32.4 Å². The molecular formula is C24H28N2O4S. The highest BCUT2D eigenvalue weighted by atomic mass is 32.2. The number of carbonyl (C=O) groups excluding carboxylic acids is 1. The fourth-order valence-corrected chi connectivity index (χ4v) is 5.88. The molecule has 1 fully saturated rings. The second-order valence-electron chi connectivity index (χ2n) is 8.61. The maximum atomic E-state index is 13.6. The normalized spacial score (nSPS) is 17.7. The van der Waals surface area contributed by atoms with E-state index >= 15 is 0 Å². The predicted octanol–water partition coefficient (Wildman–Crippen LogP) is 3.95. The van der Waals surface area contributed by atoms with E-state index in [2.05, 4.69) is 0 Å². The van der Waals surface area contributed by atoms with Crippen LogP contribution in [-0.4, -0.2) is 50.9 Å². The topological polar surface area (TPSA) is 70.8 Å². The number of furan rings is 1. The number of benzene rings is 2. The number of fused-ring (bicyclic) bond motifs is 1. The van der Waals surface area contributed by atoms with Gasteiger partial charge in [-0.05, 0) is 49.6 Å². The van der Waals surface area contributed by atoms with Crippen molar-refractivity contribution < 1.29 is 17.6 Å². The minimum absolute atomic E-state index is 0.00704. The van der Waals surface area contributed by atoms with E-state index in [1.165, 1.54) is 0 Å². The van der Waals surface area contributed by atoms with Gasteiger partial charge in [-0.3, -0.25) is 4.79 Å². The van der Waals surface area contributed by atoms with Crippen LogP contribution in [0.5, 0.6) is 0 Å². The quantitative estimate of drug-likeness (QED) is 0.601. The first-order valence-corrected chi connectivity index (χ1v) is 12.2. The SMILES string of the molecule is Cc1ccc2c(C)c(C(=O)N(Cc3ccc(N(C)C)cc3)[C@@H]3CCS(=O)(=O)C3)oc2c1. The number of aryl methyl sites for hydroxylation is 2. The van der Waals surface area contributed by atoms with E-state index in [0.29, 0.717) is 18.5 Å². The third-order valence-electron chi connectivity index (χ3n) is 6.00. The number of hydrogen-bond donors (Lipinski definition) is 0. The van der Waals surface area contributed by atoms with Gasteiger partial charge in [-0.15, -0.1) is 0 Å². The van der Waals surface area contributed by atoms with Crippen molar-refractivity contribution in [3.05, 3.63) is 64.9 Å². The van der Waals surface area contributed by atoms with E-state index in [1.54, 1.807) is 4.90 Å². The van der Waals surface area contributed by atoms with Crippen LogP contribution in [0.3, 0.4) is 0 Å². The van der Waals surface area contributed by atoms with Gasteiger partial charge in [0.15, 0.2) is 15.6 Å². The van der Waals surface area contributed by atoms with Gasteiger partial charge in [0, 0.05) is 43.3 Å². The van der Waals surface area contributed by atoms with E-state index in [4.69, 9.17) is 4.42 Å². The summed E-state index contributed by atoms with van der Waals surface area (Å²) in [4.78, 5) is 17.3. The van der Waals surface area contributed by atoms with Crippen LogP contribution in [-0.2, 0) is 16.4 Å². The second kappa shape index (κ2) is 8.04. The van der Waals surface area contributed by atoms with Gasteiger partial charge >= 0.3 is 0 Å². The molecule has 0 spiro atoms. The smallest absolute Gasteiger partial charge is 0.290 e. The molecule has 1 amide bonds. The standard InChI is InChI=1S/C24H28N2O4S/c1-16-5-10-21-17(2)23(30-22(21)13-16)24(27)26(20-11-12-31(28,29)15-20)14-18-6-8-19(9-7-18)25(3)4/h5-10,13,20H,11-12,14-15H2,1-4H3/t20-/m1/s1. The van der Waals surface area contributed by atoms with Gasteiger partial charge in [0.05, 0.1) is 11.5 Å². The van der Waals surface area contributed by atoms with Crippen molar-refractivity contribution in [3.63, 3.8) is 0 Å². The Kier molecular flexibility index (Phi) is 5.56. The molecule has 6 nitrogen and oxygen atoms in total. The molecule has 1 aliphatic rings. The highest BCUT2D eigenvalue weighted by Crippen LogP contribution is 2.30. The van der Waals surface area contributed by atoms with Crippen molar-refractivity contribution in [3.8, 4) is 0 Å². The van der Waals surface area contributed by atoms with Gasteiger partial charge in [-0.25, -0.2) is 8.42 Å². The molecule has 2 heterocycles. The largest absolute Gasteiger partial charge is 0.451 e. The van der Waals surface area contributed by atoms with Crippen LogP contribution in [0, 0.1) is 13.8 Å². The number of anilines is 1. The van der Waals surface area contributed by atoms with E-state index in [0.717, 1.165) is 27.8 Å². The zero-order valence-corrected chi connectivity index (χ0v) is 19.2. The molecule has 1 atom stereocenters. The van der Waals surface area contributed by atoms with E-state index in [1.807, 2.05) is 75.3 Å². The van der Waals surface area contributed by atoms with Crippen LogP contribution in [0.1, 0.15) is 33.7 Å². The molecule has 3 aromatic rings. The summed E-state index contributed by atoms with van der Waals surface area (Å²) in [6.07, 6.45) is 0.447. The van der Waals surface area contributed by atoms with Crippen LogP contribution in [0.25, 0.3) is 11.0 Å². The first kappa shape index (κ1) is 21.4. The summed E-state index contributed by atoms with van der Waals surface area (Å²) in [5.41, 5.74) is 4.53. The second-order valence-corrected chi connectivity index (χ2v) is 10.8. The first-order valence-electron chi connectivity index (χ1n) is 10.4. The van der Waals surface area contributed by atoms with Crippen LogP contribution < -0.4 is 4.90 Å². The molecular weight excluding hydrogens is 412 g/mol. The summed E-state index contributed by atoms with van der Waals surface area (Å²) >= 11 is 0. The van der Waals surface area contributed by atoms with Crippen molar-refractivity contribution in [1.29, 1.82) is 0 Å². The van der Waals surface area contributed by atoms with Crippen LogP contribution in [0.2, 0.25) is 0 Å². The maximum absolute atomic E-state index is 13.6. The molecule has 31 heavy (non-hydrogen) atoms. The Hall–Kier alpha value is -2.80. The van der Waals surface area contributed by atoms with E-state index in [9.17, 15) is 13.2 Å². The molecule has 2 aromatic carbocycles. The Morgan fingerprint density at radius 3 is 2.42 bits per heavy atom. The number of hydrogen-bond acceptors (Lipinski definition) is 5. The Morgan fingerprint density at radius 1 is 1.10 bits per heavy atom. The highest BCUT2D eigenvalue weighted by Gasteiger charge is 2.36. The molecule has 1 aromatic heterocycles. The number of amides is 1. The van der Waals surface area contributed by atoms with Crippen LogP contribution >= 0.6 is 0 Å². The lowest BCUT2D eigenvalue weighted by molar-refractivity contribution is 0.0649. The molecule has 1 saturated heterocycles. The number of sulfone groups is 1. The Bertz CT molecular complexity index is 1230. The lowest BCUT2D eigenvalue weighted by Crippen LogP contribution is -2.40. The Morgan fingerprint density at radius 2 is 1.81 bits per heavy atom. The molecule has 0 N–H and O–H groups in total. The van der Waals surface area contributed by atoms with Gasteiger partial charge in [0.25, 0.3) is 5.91 Å². The summed E-state index contributed by atoms with van der Waals surface area (Å²) in [5, 5.41) is 0.906. The fraction of sp³-hybridized carbons (Fsp3) is 0.375. The van der Waals surface area contributed by atoms with Gasteiger partial charge in [0.2, 0.25) is 0 Å². The molecule has 0 unspecified atom stereocenters. The van der Waals surface area contributed by atoms with Crippen molar-refractivity contribution in [2.75, 3.05) is 30.5 Å². The van der Waals surface area contributed by atoms with Gasteiger partial charge in [0.1, 0.15) is 5.58 Å². The summed E-state index contributed by atoms with van der Waals surface area (Å²) in [5.74, 6) is 0.131. The lowest BCUT2D eigenvalue weighted by atomic mass is 10.1. The molecule has 0 saturated carbocycles. The molecule has 1 aliphatic heterocycles. The van der Waals surface area contributed by atoms with Crippen LogP contribution in [0.15, 0.2) is 46.9 Å². The third kappa shape index (κ3) is 4.32. The molecule has 0 aliphatic carbocycles. The number of carbonyl (C=O) groups is 1. The average Bonchev–Trinajstić information content (AvgIpc) is 3.24. The molecule has 0 radical (unpaired) electrons. The lowest BCUT2D eigenvalue weighted by Gasteiger charge is -2.28. The highest BCUT2D eigenvalue weighted by molar-refractivity contribution is 7.91. The van der Waals surface area contributed by atoms with E-state index < -0.39 is 9.84 Å². The Labute approximate surface area is 183 Å². The maximum Gasteiger partial charge on any atom is 0.290 e. The van der Waals surface area contributed by atoms with Gasteiger partial charge in [-0.1, -0.05) is 24.3 Å². The summed E-state index contributed by atoms with van der Waals surface area (Å²) in [7, 11) is 0.807. The van der Waals surface area contributed by atoms with Crippen molar-refractivity contribution in [1.82, 2.24) is 4.90 Å². The molecule has 164 valence electrons. The third-order valence-corrected chi connectivity index (χ3v) is 7.75. The monoisotopic (exact) mass is 440 g/mol. The summed E-state index contributed by atoms with van der Waals surface area (Å²) in [6.45, 7) is 4.19. The predicted molar refractivity (Wildman–Crippen MR) is 123 cm³/mol. The minimum Gasteiger partial charge on any atom is -0.451 e. The zero-order valence-electron chi connectivity index (χ0n) is 18.4. The van der Waals surface area contributed by atoms with Gasteiger partial charge < -0.3 is 14.2 Å². The summed E-state index contributed by atoms with van der Waals surface area (Å²) in [6, 6.07) is 13.5. The van der Waals surface area contributed by atoms with Crippen molar-refractivity contribution in [2.45, 2.75) is 32.9 Å². The van der Waals surface area contributed by atoms with Crippen molar-refractivity contribution in [2.24, 2.45) is 0 Å². The van der Waals surface area contributed by atoms with Crippen LogP contribution in [0.4, 0.5) is 5.69 Å². The fourth-order valence-electron chi connectivity index (χ4n) is 4.15. The number of rotatable bonds is 5.